The Hall–Kier alpha value is -2.66. The fraction of sp³-hybridized carbons (Fsp3) is 0.462. The Labute approximate surface area is 227 Å². The SMILES string of the molecule is COc1cc(C)c(S(=O)N(C)CC(=O)NCC(=O)N(C)Cc2ccc(OCCN(C)C)c(Cl)c2)c(C)c1. The van der Waals surface area contributed by atoms with Gasteiger partial charge in [0.05, 0.1) is 30.1 Å². The predicted octanol–water partition coefficient (Wildman–Crippen LogP) is 2.64. The quantitative estimate of drug-likeness (QED) is 0.411. The van der Waals surface area contributed by atoms with Crippen molar-refractivity contribution in [3.05, 3.63) is 52.0 Å². The Morgan fingerprint density at radius 1 is 1.05 bits per heavy atom. The van der Waals surface area contributed by atoms with E-state index in [0.29, 0.717) is 34.6 Å². The molecular formula is C26H37ClN4O5S. The van der Waals surface area contributed by atoms with Gasteiger partial charge in [0, 0.05) is 27.2 Å². The molecule has 0 aliphatic heterocycles. The Morgan fingerprint density at radius 2 is 1.70 bits per heavy atom. The highest BCUT2D eigenvalue weighted by atomic mass is 35.5. The van der Waals surface area contributed by atoms with Gasteiger partial charge in [-0.15, -0.1) is 0 Å². The molecule has 1 N–H and O–H groups in total. The maximum atomic E-state index is 13.0. The van der Waals surface area contributed by atoms with Crippen LogP contribution in [0.2, 0.25) is 5.02 Å². The van der Waals surface area contributed by atoms with Crippen molar-refractivity contribution in [3.63, 3.8) is 0 Å². The average molecular weight is 553 g/mol. The number of methoxy groups -OCH3 is 1. The summed E-state index contributed by atoms with van der Waals surface area (Å²) in [4.78, 5) is 29.2. The number of amides is 2. The van der Waals surface area contributed by atoms with E-state index in [1.807, 2.05) is 51.0 Å². The van der Waals surface area contributed by atoms with Crippen molar-refractivity contribution in [1.29, 1.82) is 0 Å². The fourth-order valence-corrected chi connectivity index (χ4v) is 5.02. The molecule has 2 rings (SSSR count). The van der Waals surface area contributed by atoms with Crippen LogP contribution in [-0.4, -0.2) is 91.7 Å². The number of halogens is 1. The number of benzene rings is 2. The second-order valence-electron chi connectivity index (χ2n) is 9.07. The van der Waals surface area contributed by atoms with Gasteiger partial charge in [-0.2, -0.15) is 0 Å². The lowest BCUT2D eigenvalue weighted by Crippen LogP contribution is -2.42. The first-order valence-corrected chi connectivity index (χ1v) is 13.3. The van der Waals surface area contributed by atoms with Crippen molar-refractivity contribution in [1.82, 2.24) is 19.4 Å². The summed E-state index contributed by atoms with van der Waals surface area (Å²) in [7, 11) is 7.22. The summed E-state index contributed by atoms with van der Waals surface area (Å²) >= 11 is 6.33. The molecule has 0 saturated heterocycles. The van der Waals surface area contributed by atoms with E-state index in [2.05, 4.69) is 5.32 Å². The Morgan fingerprint density at radius 3 is 2.27 bits per heavy atom. The molecule has 0 fully saturated rings. The summed E-state index contributed by atoms with van der Waals surface area (Å²) in [6.07, 6.45) is 0. The van der Waals surface area contributed by atoms with Crippen LogP contribution >= 0.6 is 11.6 Å². The highest BCUT2D eigenvalue weighted by molar-refractivity contribution is 7.82. The lowest BCUT2D eigenvalue weighted by molar-refractivity contribution is -0.132. The number of ether oxygens (including phenoxy) is 2. The number of likely N-dealkylation sites (N-methyl/N-ethyl adjacent to an activating group) is 3. The van der Waals surface area contributed by atoms with Gasteiger partial charge in [-0.1, -0.05) is 17.7 Å². The van der Waals surface area contributed by atoms with Crippen molar-refractivity contribution in [2.45, 2.75) is 25.3 Å². The zero-order valence-electron chi connectivity index (χ0n) is 22.6. The molecule has 2 aromatic rings. The van der Waals surface area contributed by atoms with Gasteiger partial charge < -0.3 is 24.6 Å². The molecule has 37 heavy (non-hydrogen) atoms. The first-order valence-electron chi connectivity index (χ1n) is 11.8. The van der Waals surface area contributed by atoms with Crippen LogP contribution in [0.3, 0.4) is 0 Å². The lowest BCUT2D eigenvalue weighted by Gasteiger charge is -2.20. The number of rotatable bonds is 13. The van der Waals surface area contributed by atoms with Crippen molar-refractivity contribution in [3.8, 4) is 11.5 Å². The number of carbonyl (C=O) groups is 2. The van der Waals surface area contributed by atoms with E-state index in [-0.39, 0.29) is 19.0 Å². The summed E-state index contributed by atoms with van der Waals surface area (Å²) < 4.78 is 25.4. The Bertz CT molecular complexity index is 1110. The largest absolute Gasteiger partial charge is 0.497 e. The maximum absolute atomic E-state index is 13.0. The third-order valence-corrected chi connectivity index (χ3v) is 7.55. The minimum atomic E-state index is -1.54. The van der Waals surface area contributed by atoms with Gasteiger partial charge in [0.25, 0.3) is 0 Å². The summed E-state index contributed by atoms with van der Waals surface area (Å²) in [6, 6.07) is 9.02. The van der Waals surface area contributed by atoms with Gasteiger partial charge in [0.2, 0.25) is 11.8 Å². The molecule has 0 spiro atoms. The van der Waals surface area contributed by atoms with Gasteiger partial charge in [-0.3, -0.25) is 9.59 Å². The summed E-state index contributed by atoms with van der Waals surface area (Å²) in [5.74, 6) is 0.616. The van der Waals surface area contributed by atoms with E-state index < -0.39 is 16.9 Å². The fourth-order valence-electron chi connectivity index (χ4n) is 3.55. The molecule has 2 amide bonds. The molecule has 9 nitrogen and oxygen atoms in total. The molecule has 204 valence electrons. The Kier molecular flexibility index (Phi) is 11.8. The lowest BCUT2D eigenvalue weighted by atomic mass is 10.1. The molecule has 0 saturated carbocycles. The van der Waals surface area contributed by atoms with Crippen LogP contribution in [0.4, 0.5) is 0 Å². The topological polar surface area (TPSA) is 91.4 Å². The van der Waals surface area contributed by atoms with E-state index in [9.17, 15) is 13.8 Å². The normalized spacial score (nSPS) is 11.9. The van der Waals surface area contributed by atoms with E-state index >= 15 is 0 Å². The molecule has 0 heterocycles. The zero-order valence-corrected chi connectivity index (χ0v) is 24.2. The molecule has 0 bridgehead atoms. The maximum Gasteiger partial charge on any atom is 0.242 e. The van der Waals surface area contributed by atoms with E-state index in [1.54, 1.807) is 33.3 Å². The molecular weight excluding hydrogens is 516 g/mol. The third kappa shape index (κ3) is 9.30. The predicted molar refractivity (Wildman–Crippen MR) is 146 cm³/mol. The van der Waals surface area contributed by atoms with Crippen LogP contribution in [-0.2, 0) is 27.1 Å². The minimum Gasteiger partial charge on any atom is -0.497 e. The van der Waals surface area contributed by atoms with Gasteiger partial charge in [0.15, 0.2) is 0 Å². The van der Waals surface area contributed by atoms with Crippen LogP contribution < -0.4 is 14.8 Å². The molecule has 0 aliphatic rings. The van der Waals surface area contributed by atoms with Crippen molar-refractivity contribution < 1.29 is 23.3 Å². The number of aryl methyl sites for hydroxylation is 2. The molecule has 0 aromatic heterocycles. The molecule has 0 radical (unpaired) electrons. The van der Waals surface area contributed by atoms with E-state index in [1.165, 1.54) is 9.21 Å². The number of hydrogen-bond acceptors (Lipinski definition) is 6. The standard InChI is InChI=1S/C26H37ClN4O5S/c1-18-12-21(35-7)13-19(2)26(18)37(34)31(6)17-24(32)28-15-25(33)30(5)16-20-8-9-23(22(27)14-20)36-11-10-29(3)4/h8-9,12-14H,10-11,15-17H2,1-7H3,(H,28,32). The zero-order chi connectivity index (χ0) is 27.7. The highest BCUT2D eigenvalue weighted by Crippen LogP contribution is 2.26. The first kappa shape index (κ1) is 30.6. The summed E-state index contributed by atoms with van der Waals surface area (Å²) in [5.41, 5.74) is 2.47. The molecule has 1 unspecified atom stereocenters. The molecule has 2 aromatic carbocycles. The monoisotopic (exact) mass is 552 g/mol. The third-order valence-electron chi connectivity index (χ3n) is 5.57. The Balaban J connectivity index is 1.86. The molecule has 1 atom stereocenters. The van der Waals surface area contributed by atoms with Crippen LogP contribution in [0.5, 0.6) is 11.5 Å². The summed E-state index contributed by atoms with van der Waals surface area (Å²) in [5, 5.41) is 3.09. The number of nitrogens with zero attached hydrogens (tertiary/aromatic N) is 3. The molecule has 0 aliphatic carbocycles. The van der Waals surface area contributed by atoms with Crippen molar-refractivity contribution in [2.75, 3.05) is 61.5 Å². The smallest absolute Gasteiger partial charge is 0.242 e. The van der Waals surface area contributed by atoms with Crippen molar-refractivity contribution in [2.24, 2.45) is 0 Å². The van der Waals surface area contributed by atoms with Crippen molar-refractivity contribution >= 4 is 34.4 Å². The van der Waals surface area contributed by atoms with Crippen LogP contribution in [0.25, 0.3) is 0 Å². The second-order valence-corrected chi connectivity index (χ2v) is 11.0. The van der Waals surface area contributed by atoms with Gasteiger partial charge in [0.1, 0.15) is 29.1 Å². The van der Waals surface area contributed by atoms with Crippen LogP contribution in [0.15, 0.2) is 35.2 Å². The van der Waals surface area contributed by atoms with Gasteiger partial charge in [-0.25, -0.2) is 8.51 Å². The van der Waals surface area contributed by atoms with Crippen LogP contribution in [0, 0.1) is 13.8 Å². The van der Waals surface area contributed by atoms with Gasteiger partial charge in [-0.05, 0) is 68.9 Å². The van der Waals surface area contributed by atoms with E-state index in [4.69, 9.17) is 21.1 Å². The summed E-state index contributed by atoms with van der Waals surface area (Å²) in [6.45, 7) is 5.02. The minimum absolute atomic E-state index is 0.126. The van der Waals surface area contributed by atoms with Gasteiger partial charge >= 0.3 is 0 Å². The number of carbonyl (C=O) groups excluding carboxylic acids is 2. The van der Waals surface area contributed by atoms with Crippen LogP contribution in [0.1, 0.15) is 16.7 Å². The number of nitrogens with one attached hydrogen (secondary N) is 1. The first-order chi connectivity index (χ1) is 17.4. The highest BCUT2D eigenvalue weighted by Gasteiger charge is 2.20. The second kappa shape index (κ2) is 14.3. The average Bonchev–Trinajstić information content (AvgIpc) is 2.82. The van der Waals surface area contributed by atoms with E-state index in [0.717, 1.165) is 23.2 Å². The molecule has 11 heteroatoms. The number of hydrogen-bond donors (Lipinski definition) is 1.